The van der Waals surface area contributed by atoms with Gasteiger partial charge in [0.2, 0.25) is 0 Å². The van der Waals surface area contributed by atoms with Crippen molar-refractivity contribution >= 4 is 43.9 Å². The fourth-order valence-electron chi connectivity index (χ4n) is 6.33. The van der Waals surface area contributed by atoms with Gasteiger partial charge in [-0.1, -0.05) is 49.2 Å². The zero-order valence-corrected chi connectivity index (χ0v) is 23.8. The second kappa shape index (κ2) is 10.3. The van der Waals surface area contributed by atoms with E-state index in [4.69, 9.17) is 20.8 Å². The maximum Gasteiger partial charge on any atom is 0.143 e. The van der Waals surface area contributed by atoms with Gasteiger partial charge in [-0.25, -0.2) is 9.97 Å². The summed E-state index contributed by atoms with van der Waals surface area (Å²) in [7, 11) is 0. The highest BCUT2D eigenvalue weighted by molar-refractivity contribution is 5.94. The van der Waals surface area contributed by atoms with Crippen LogP contribution in [0.2, 0.25) is 0 Å². The Morgan fingerprint density at radius 1 is 0.575 bits per heavy atom. The highest BCUT2D eigenvalue weighted by Gasteiger charge is 2.14. The van der Waals surface area contributed by atoms with Crippen LogP contribution in [0.1, 0.15) is 48.2 Å². The van der Waals surface area contributed by atoms with E-state index in [1.165, 1.54) is 0 Å². The fraction of sp³-hybridized carbons (Fsp3) is 0.294. The molecule has 0 saturated heterocycles. The molecule has 6 nitrogen and oxygen atoms in total. The Morgan fingerprint density at radius 2 is 0.975 bits per heavy atom. The lowest BCUT2D eigenvalue weighted by molar-refractivity contribution is 0.555. The zero-order valence-electron chi connectivity index (χ0n) is 23.8. The summed E-state index contributed by atoms with van der Waals surface area (Å²) in [5.41, 5.74) is 8.20. The number of nitrogens with one attached hydrogen (secondary N) is 2. The molecule has 0 fully saturated rings. The molecule has 0 aliphatic rings. The predicted octanol–water partition coefficient (Wildman–Crippen LogP) is 7.15. The lowest BCUT2D eigenvalue weighted by Crippen LogP contribution is -2.15. The number of aryl methyl sites for hydroxylation is 6. The van der Waals surface area contributed by atoms with E-state index in [1.807, 2.05) is 26.0 Å². The maximum atomic E-state index is 8.87. The molecule has 0 unspecified atom stereocenters. The monoisotopic (exact) mass is 528 g/mol. The largest absolute Gasteiger partial charge is 0.325 e. The molecule has 0 radical (unpaired) electrons. The van der Waals surface area contributed by atoms with Crippen LogP contribution in [0.15, 0.2) is 60.7 Å². The van der Waals surface area contributed by atoms with E-state index in [2.05, 4.69) is 71.5 Å². The van der Waals surface area contributed by atoms with E-state index in [9.17, 15) is 0 Å². The molecule has 2 N–H and O–H groups in total. The van der Waals surface area contributed by atoms with Gasteiger partial charge < -0.3 is 9.13 Å². The quantitative estimate of drug-likeness (QED) is 0.170. The molecule has 6 heteroatoms. The average molecular weight is 529 g/mol. The van der Waals surface area contributed by atoms with Crippen LogP contribution in [0.4, 0.5) is 0 Å². The minimum absolute atomic E-state index is 0.570. The average Bonchev–Trinajstić information content (AvgIpc) is 2.93. The van der Waals surface area contributed by atoms with E-state index in [1.54, 1.807) is 0 Å². The van der Waals surface area contributed by atoms with Gasteiger partial charge in [-0.15, -0.1) is 0 Å². The Balaban J connectivity index is 1.24. The van der Waals surface area contributed by atoms with Gasteiger partial charge in [0.25, 0.3) is 0 Å². The molecule has 0 spiro atoms. The summed E-state index contributed by atoms with van der Waals surface area (Å²) >= 11 is 0. The van der Waals surface area contributed by atoms with Gasteiger partial charge in [0, 0.05) is 46.0 Å². The molecule has 0 bridgehead atoms. The Kier molecular flexibility index (Phi) is 6.70. The molecule has 6 rings (SSSR count). The molecule has 0 aliphatic heterocycles. The van der Waals surface area contributed by atoms with Crippen molar-refractivity contribution in [3.8, 4) is 0 Å². The smallest absolute Gasteiger partial charge is 0.143 e. The second-order valence-corrected chi connectivity index (χ2v) is 11.1. The van der Waals surface area contributed by atoms with E-state index in [0.717, 1.165) is 105 Å². The maximum absolute atomic E-state index is 8.87. The standard InChI is InChI=1S/C34H36N6/c1-21-19-23(3)37-33-29(21)31(35)25-13-7-9-15-27(25)39(33)17-11-5-6-12-18-40-28-16-10-8-14-26(28)32(36)30-22(2)20-24(4)38-34(30)40/h7-10,13-16,19-20,35-36H,5-6,11-12,17-18H2,1-4H3. The van der Waals surface area contributed by atoms with Crippen molar-refractivity contribution in [1.82, 2.24) is 19.1 Å². The lowest BCUT2D eigenvalue weighted by Gasteiger charge is -2.18. The summed E-state index contributed by atoms with van der Waals surface area (Å²) in [5.74, 6) is 0. The van der Waals surface area contributed by atoms with Crippen molar-refractivity contribution in [2.75, 3.05) is 0 Å². The Morgan fingerprint density at radius 3 is 1.40 bits per heavy atom. The molecule has 0 aliphatic carbocycles. The van der Waals surface area contributed by atoms with Crippen molar-refractivity contribution in [1.29, 1.82) is 10.8 Å². The number of rotatable bonds is 7. The Hall–Kier alpha value is -4.32. The lowest BCUT2D eigenvalue weighted by atomic mass is 10.1. The van der Waals surface area contributed by atoms with Crippen LogP contribution in [-0.2, 0) is 13.1 Å². The van der Waals surface area contributed by atoms with Crippen LogP contribution >= 0.6 is 0 Å². The number of unbranched alkanes of at least 4 members (excludes halogenated alkanes) is 3. The van der Waals surface area contributed by atoms with Gasteiger partial charge in [0.1, 0.15) is 11.3 Å². The SMILES string of the molecule is Cc1cc(C)c2c(=N)c3ccccc3n(CCCCCCn3c4ccccc4c(=N)c4c(C)cc(C)nc43)c2n1. The number of hydrogen-bond donors (Lipinski definition) is 2. The topological polar surface area (TPSA) is 83.3 Å². The third-order valence-electron chi connectivity index (χ3n) is 8.10. The van der Waals surface area contributed by atoms with E-state index in [-0.39, 0.29) is 0 Å². The van der Waals surface area contributed by atoms with Gasteiger partial charge >= 0.3 is 0 Å². The number of pyridine rings is 4. The Labute approximate surface area is 234 Å². The highest BCUT2D eigenvalue weighted by atomic mass is 15.0. The van der Waals surface area contributed by atoms with Crippen molar-refractivity contribution in [3.05, 3.63) is 93.9 Å². The molecule has 2 aromatic carbocycles. The third kappa shape index (κ3) is 4.37. The molecule has 4 aromatic heterocycles. The summed E-state index contributed by atoms with van der Waals surface area (Å²) < 4.78 is 4.64. The number of aromatic nitrogens is 4. The van der Waals surface area contributed by atoms with Crippen molar-refractivity contribution in [3.63, 3.8) is 0 Å². The first-order valence-electron chi connectivity index (χ1n) is 14.2. The number of fused-ring (bicyclic) bond motifs is 4. The second-order valence-electron chi connectivity index (χ2n) is 11.1. The van der Waals surface area contributed by atoms with Crippen LogP contribution in [-0.4, -0.2) is 19.1 Å². The van der Waals surface area contributed by atoms with Crippen molar-refractivity contribution in [2.45, 2.75) is 66.5 Å². The number of nitrogens with zero attached hydrogens (tertiary/aromatic N) is 4. The van der Waals surface area contributed by atoms with Crippen molar-refractivity contribution < 1.29 is 0 Å². The first kappa shape index (κ1) is 25.9. The molecule has 40 heavy (non-hydrogen) atoms. The van der Waals surface area contributed by atoms with Crippen LogP contribution < -0.4 is 10.7 Å². The molecule has 0 amide bonds. The van der Waals surface area contributed by atoms with Crippen molar-refractivity contribution in [2.24, 2.45) is 0 Å². The van der Waals surface area contributed by atoms with Gasteiger partial charge in [-0.2, -0.15) is 0 Å². The van der Waals surface area contributed by atoms with Gasteiger partial charge in [-0.05, 0) is 75.9 Å². The highest BCUT2D eigenvalue weighted by Crippen LogP contribution is 2.24. The summed E-state index contributed by atoms with van der Waals surface area (Å²) in [6.07, 6.45) is 4.30. The minimum Gasteiger partial charge on any atom is -0.325 e. The molecular formula is C34H36N6. The molecular weight excluding hydrogens is 492 g/mol. The first-order valence-corrected chi connectivity index (χ1v) is 14.2. The van der Waals surface area contributed by atoms with Gasteiger partial charge in [-0.3, -0.25) is 10.8 Å². The van der Waals surface area contributed by atoms with Crippen LogP contribution in [0, 0.1) is 38.5 Å². The predicted molar refractivity (Wildman–Crippen MR) is 164 cm³/mol. The third-order valence-corrected chi connectivity index (χ3v) is 8.10. The summed E-state index contributed by atoms with van der Waals surface area (Å²) in [6, 6.07) is 20.6. The fourth-order valence-corrected chi connectivity index (χ4v) is 6.33. The van der Waals surface area contributed by atoms with Crippen LogP contribution in [0.5, 0.6) is 0 Å². The normalized spacial score (nSPS) is 11.8. The first-order chi connectivity index (χ1) is 19.3. The zero-order chi connectivity index (χ0) is 28.0. The number of hydrogen-bond acceptors (Lipinski definition) is 4. The summed E-state index contributed by atoms with van der Waals surface area (Å²) in [6.45, 7) is 9.99. The Bertz CT molecular complexity index is 1900. The molecule has 4 heterocycles. The van der Waals surface area contributed by atoms with Gasteiger partial charge in [0.05, 0.1) is 21.7 Å². The van der Waals surface area contributed by atoms with Gasteiger partial charge in [0.15, 0.2) is 0 Å². The summed E-state index contributed by atoms with van der Waals surface area (Å²) in [4.78, 5) is 9.80. The summed E-state index contributed by atoms with van der Waals surface area (Å²) in [5, 5.41) is 22.8. The molecule has 0 atom stereocenters. The molecule has 0 saturated carbocycles. The molecule has 202 valence electrons. The molecule has 6 aromatic rings. The van der Waals surface area contributed by atoms with Crippen LogP contribution in [0.3, 0.4) is 0 Å². The number of para-hydroxylation sites is 2. The van der Waals surface area contributed by atoms with E-state index < -0.39 is 0 Å². The minimum atomic E-state index is 0.570. The van der Waals surface area contributed by atoms with Crippen LogP contribution in [0.25, 0.3) is 43.9 Å². The number of benzene rings is 2. The van der Waals surface area contributed by atoms with E-state index in [0.29, 0.717) is 10.7 Å². The van der Waals surface area contributed by atoms with E-state index >= 15 is 0 Å².